The SMILES string of the molecule is CNCC(=O)N[C@H]1CCS[C@H]2CC(C)(C)[C@@H](C(=O)N[C@H](COCc3ccc4cc(COCC(O)(NCC(=O)[C@H]5N6C(=O)[C@@H](NC(=O)[C@H](C)NC)CCS[C@H]6CC5(C)C)c5ccccc5)ccc4c3)c3ccccc3)N2C1=O. The van der Waals surface area contributed by atoms with Crippen LogP contribution in [0.15, 0.2) is 97.1 Å². The molecule has 414 valence electrons. The van der Waals surface area contributed by atoms with E-state index in [2.05, 4.69) is 38.0 Å². The lowest BCUT2D eigenvalue weighted by atomic mass is 9.82. The Morgan fingerprint density at radius 3 is 1.86 bits per heavy atom. The second-order valence-corrected chi connectivity index (χ2v) is 24.7. The predicted octanol–water partition coefficient (Wildman–Crippen LogP) is 4.71. The number of fused-ring (bicyclic) bond motifs is 3. The van der Waals surface area contributed by atoms with E-state index < -0.39 is 52.8 Å². The Labute approximate surface area is 460 Å². The molecule has 77 heavy (non-hydrogen) atoms. The van der Waals surface area contributed by atoms with Gasteiger partial charge in [-0.2, -0.15) is 0 Å². The van der Waals surface area contributed by atoms with Crippen molar-refractivity contribution in [2.45, 2.75) is 126 Å². The molecule has 4 saturated heterocycles. The van der Waals surface area contributed by atoms with Gasteiger partial charge in [0.05, 0.1) is 68.4 Å². The Kier molecular flexibility index (Phi) is 18.9. The number of rotatable bonds is 22. The molecule has 19 heteroatoms. The highest BCUT2D eigenvalue weighted by molar-refractivity contribution is 8.00. The molecule has 0 aromatic heterocycles. The van der Waals surface area contributed by atoms with Crippen LogP contribution in [0.3, 0.4) is 0 Å². The van der Waals surface area contributed by atoms with Crippen LogP contribution in [0.2, 0.25) is 0 Å². The number of hydrogen-bond acceptors (Lipinski definition) is 14. The number of ether oxygens (including phenoxy) is 2. The van der Waals surface area contributed by atoms with Crippen molar-refractivity contribution in [3.63, 3.8) is 0 Å². The molecule has 0 spiro atoms. The number of ketones is 1. The van der Waals surface area contributed by atoms with Gasteiger partial charge in [0.1, 0.15) is 18.1 Å². The van der Waals surface area contributed by atoms with Crippen molar-refractivity contribution in [2.24, 2.45) is 10.8 Å². The number of thioether (sulfide) groups is 2. The van der Waals surface area contributed by atoms with Gasteiger partial charge in [-0.3, -0.25) is 34.1 Å². The number of nitrogens with one attached hydrogen (secondary N) is 6. The molecule has 8 rings (SSSR count). The summed E-state index contributed by atoms with van der Waals surface area (Å²) in [6, 6.07) is 26.8. The highest BCUT2D eigenvalue weighted by Gasteiger charge is 2.56. The summed E-state index contributed by atoms with van der Waals surface area (Å²) in [4.78, 5) is 85.9. The zero-order valence-electron chi connectivity index (χ0n) is 45.3. The van der Waals surface area contributed by atoms with E-state index in [1.165, 1.54) is 0 Å². The Bertz CT molecular complexity index is 2750. The Balaban J connectivity index is 0.887. The van der Waals surface area contributed by atoms with Crippen LogP contribution in [0.4, 0.5) is 0 Å². The summed E-state index contributed by atoms with van der Waals surface area (Å²) >= 11 is 3.29. The monoisotopic (exact) mass is 1090 g/mol. The van der Waals surface area contributed by atoms with Gasteiger partial charge in [-0.05, 0) is 109 Å². The third kappa shape index (κ3) is 13.6. The summed E-state index contributed by atoms with van der Waals surface area (Å²) in [5.41, 5.74) is 0.381. The van der Waals surface area contributed by atoms with Gasteiger partial charge >= 0.3 is 0 Å². The molecule has 17 nitrogen and oxygen atoms in total. The molecule has 0 bridgehead atoms. The molecule has 7 N–H and O–H groups in total. The van der Waals surface area contributed by atoms with Crippen molar-refractivity contribution < 1.29 is 43.3 Å². The first-order valence-corrected chi connectivity index (χ1v) is 28.8. The third-order valence-electron chi connectivity index (χ3n) is 15.4. The van der Waals surface area contributed by atoms with Gasteiger partial charge in [0.2, 0.25) is 29.5 Å². The van der Waals surface area contributed by atoms with Crippen LogP contribution in [0.1, 0.15) is 88.6 Å². The molecular weight excluding hydrogens is 1020 g/mol. The second kappa shape index (κ2) is 25.2. The van der Waals surface area contributed by atoms with Crippen LogP contribution in [-0.4, -0.2) is 143 Å². The van der Waals surface area contributed by atoms with Gasteiger partial charge in [0.25, 0.3) is 0 Å². The maximum absolute atomic E-state index is 14.5. The summed E-state index contributed by atoms with van der Waals surface area (Å²) in [5.74, 6) is -0.201. The van der Waals surface area contributed by atoms with Gasteiger partial charge in [0, 0.05) is 5.56 Å². The highest BCUT2D eigenvalue weighted by atomic mass is 32.2. The lowest BCUT2D eigenvalue weighted by Crippen LogP contribution is -2.58. The van der Waals surface area contributed by atoms with Crippen molar-refractivity contribution in [3.8, 4) is 0 Å². The largest absolute Gasteiger partial charge is 0.374 e. The number of Topliss-reactive ketones (excluding diaryl/α,β-unsaturated/α-hetero) is 1. The summed E-state index contributed by atoms with van der Waals surface area (Å²) in [6.45, 7) is 10.1. The molecule has 4 aromatic carbocycles. The second-order valence-electron chi connectivity index (χ2n) is 22.2. The average molecular weight is 1090 g/mol. The van der Waals surface area contributed by atoms with Crippen molar-refractivity contribution in [3.05, 3.63) is 119 Å². The number of carbonyl (C=O) groups is 6. The molecule has 1 unspecified atom stereocenters. The fraction of sp³-hybridized carbons (Fsp3) is 0.517. The lowest BCUT2D eigenvalue weighted by Gasteiger charge is -2.35. The Morgan fingerprint density at radius 1 is 0.727 bits per heavy atom. The summed E-state index contributed by atoms with van der Waals surface area (Å²) < 4.78 is 12.6. The topological polar surface area (TPSA) is 220 Å². The maximum atomic E-state index is 14.5. The molecule has 4 aliphatic rings. The molecule has 9 atom stereocenters. The van der Waals surface area contributed by atoms with Gasteiger partial charge < -0.3 is 51.0 Å². The number of hydrogen-bond donors (Lipinski definition) is 7. The molecule has 4 aliphatic heterocycles. The van der Waals surface area contributed by atoms with Crippen molar-refractivity contribution in [1.29, 1.82) is 0 Å². The first-order chi connectivity index (χ1) is 36.8. The average Bonchev–Trinajstić information content (AvgIpc) is 3.81. The summed E-state index contributed by atoms with van der Waals surface area (Å²) in [7, 11) is 3.37. The van der Waals surface area contributed by atoms with E-state index in [1.807, 2.05) is 107 Å². The van der Waals surface area contributed by atoms with Crippen LogP contribution >= 0.6 is 23.5 Å². The minimum Gasteiger partial charge on any atom is -0.374 e. The third-order valence-corrected chi connectivity index (χ3v) is 17.9. The van der Waals surface area contributed by atoms with E-state index in [0.717, 1.165) is 27.5 Å². The number of benzene rings is 4. The molecule has 0 aliphatic carbocycles. The fourth-order valence-electron chi connectivity index (χ4n) is 11.2. The standard InChI is InChI=1S/C58H76N8O9S2/c1-36(60-7)52(69)63-44-23-25-76-48-28-56(2,3)50(65(48)55(44)72)46(67)30-61-58(73,42-16-12-9-13-17-42)35-75-33-38-19-21-40-26-37(18-20-41(40)27-38)32-74-34-45(39-14-10-8-11-15-39)64-53(70)51-57(4,5)29-49-66(51)54(71)43(22-24-77-49)62-47(68)31-59-6/h8-21,26-27,36,43-45,48-51,59-61,73H,22-25,28-35H2,1-7H3,(H,62,68)(H,63,69)(H,64,70)/t36-,43-,44-,45+,48-,49-,50+,51+,58?/m0/s1. The summed E-state index contributed by atoms with van der Waals surface area (Å²) in [6.07, 6.45) is 2.22. The van der Waals surface area contributed by atoms with Crippen LogP contribution in [-0.2, 0) is 57.2 Å². The smallest absolute Gasteiger partial charge is 0.246 e. The van der Waals surface area contributed by atoms with E-state index in [0.29, 0.717) is 42.8 Å². The van der Waals surface area contributed by atoms with Crippen LogP contribution in [0, 0.1) is 10.8 Å². The Hall–Kier alpha value is -5.38. The Morgan fingerprint density at radius 2 is 1.27 bits per heavy atom. The molecule has 0 saturated carbocycles. The number of amides is 5. The molecular formula is C58H76N8O9S2. The van der Waals surface area contributed by atoms with E-state index in [-0.39, 0.29) is 85.6 Å². The molecule has 0 radical (unpaired) electrons. The van der Waals surface area contributed by atoms with Crippen molar-refractivity contribution in [2.75, 3.05) is 51.9 Å². The number of nitrogens with zero attached hydrogens (tertiary/aromatic N) is 2. The summed E-state index contributed by atoms with van der Waals surface area (Å²) in [5, 5.41) is 31.7. The van der Waals surface area contributed by atoms with Gasteiger partial charge in [0.15, 0.2) is 11.5 Å². The number of likely N-dealkylation sites (N-methyl/N-ethyl adjacent to an activating group) is 2. The molecule has 4 heterocycles. The molecule has 5 amide bonds. The van der Waals surface area contributed by atoms with E-state index >= 15 is 0 Å². The van der Waals surface area contributed by atoms with Gasteiger partial charge in [-0.1, -0.05) is 113 Å². The van der Waals surface area contributed by atoms with E-state index in [9.17, 15) is 33.9 Å². The van der Waals surface area contributed by atoms with E-state index in [4.69, 9.17) is 9.47 Å². The van der Waals surface area contributed by atoms with Crippen LogP contribution in [0.25, 0.3) is 10.8 Å². The minimum absolute atomic E-state index is 0.0927. The highest BCUT2D eigenvalue weighted by Crippen LogP contribution is 2.48. The van der Waals surface area contributed by atoms with Crippen LogP contribution < -0.4 is 31.9 Å². The lowest BCUT2D eigenvalue weighted by molar-refractivity contribution is -0.144. The first kappa shape index (κ1) is 57.8. The first-order valence-electron chi connectivity index (χ1n) is 26.7. The predicted molar refractivity (Wildman–Crippen MR) is 300 cm³/mol. The van der Waals surface area contributed by atoms with Crippen molar-refractivity contribution in [1.82, 2.24) is 41.7 Å². The molecule has 4 fully saturated rings. The van der Waals surface area contributed by atoms with E-state index in [1.54, 1.807) is 66.5 Å². The zero-order chi connectivity index (χ0) is 55.1. The maximum Gasteiger partial charge on any atom is 0.246 e. The normalized spacial score (nSPS) is 24.4. The zero-order valence-corrected chi connectivity index (χ0v) is 46.9. The van der Waals surface area contributed by atoms with Crippen LogP contribution in [0.5, 0.6) is 0 Å². The quantitative estimate of drug-likeness (QED) is 0.0531. The fourth-order valence-corrected chi connectivity index (χ4v) is 14.4. The van der Waals surface area contributed by atoms with Gasteiger partial charge in [-0.25, -0.2) is 0 Å². The minimum atomic E-state index is -1.75. The number of carbonyl (C=O) groups excluding carboxylic acids is 6. The molecule has 4 aromatic rings. The van der Waals surface area contributed by atoms with Crippen molar-refractivity contribution >= 4 is 69.6 Å². The van der Waals surface area contributed by atoms with Gasteiger partial charge in [-0.15, -0.1) is 23.5 Å². The number of aliphatic hydroxyl groups is 1.